The van der Waals surface area contributed by atoms with Gasteiger partial charge in [-0.15, -0.1) is 0 Å². The quantitative estimate of drug-likeness (QED) is 0.0762. The van der Waals surface area contributed by atoms with E-state index in [2.05, 4.69) is 51.1 Å². The summed E-state index contributed by atoms with van der Waals surface area (Å²) in [5.41, 5.74) is 4.14. The van der Waals surface area contributed by atoms with E-state index in [0.717, 1.165) is 61.1 Å². The smallest absolute Gasteiger partial charge is 0.296 e. The lowest BCUT2D eigenvalue weighted by atomic mass is 9.81. The number of anilines is 2. The molecule has 62 heavy (non-hydrogen) atoms. The summed E-state index contributed by atoms with van der Waals surface area (Å²) < 4.78 is 56.5. The lowest BCUT2D eigenvalue weighted by Crippen LogP contribution is -2.52. The fourth-order valence-electron chi connectivity index (χ4n) is 8.68. The number of hydrogen-bond donors (Lipinski definition) is 3. The number of halogens is 2. The van der Waals surface area contributed by atoms with Gasteiger partial charge in [-0.3, -0.25) is 19.8 Å². The van der Waals surface area contributed by atoms with Gasteiger partial charge < -0.3 is 24.7 Å². The monoisotopic (exact) mass is 885 g/mol. The predicted molar refractivity (Wildman–Crippen MR) is 237 cm³/mol. The molecule has 1 amide bonds. The Labute approximate surface area is 364 Å². The van der Waals surface area contributed by atoms with Gasteiger partial charge in [-0.05, 0) is 104 Å². The minimum atomic E-state index is -4.82. The third kappa shape index (κ3) is 9.73. The van der Waals surface area contributed by atoms with Crippen molar-refractivity contribution in [1.29, 1.82) is 0 Å². The van der Waals surface area contributed by atoms with Crippen molar-refractivity contribution in [1.82, 2.24) is 19.6 Å². The Balaban J connectivity index is 1.03. The molecule has 5 aromatic rings. The number of pyridine rings is 1. The lowest BCUT2D eigenvalue weighted by molar-refractivity contribution is -0.384. The number of rotatable bonds is 13. The van der Waals surface area contributed by atoms with Crippen molar-refractivity contribution in [3.63, 3.8) is 0 Å². The molecule has 17 heteroatoms. The molecule has 14 nitrogen and oxygen atoms in total. The zero-order valence-electron chi connectivity index (χ0n) is 34.5. The maximum absolute atomic E-state index is 15.5. The highest BCUT2D eigenvalue weighted by molar-refractivity contribution is 7.90. The van der Waals surface area contributed by atoms with Gasteiger partial charge in [0.2, 0.25) is 0 Å². The van der Waals surface area contributed by atoms with E-state index >= 15 is 4.39 Å². The number of amides is 1. The molecule has 8 rings (SSSR count). The van der Waals surface area contributed by atoms with Crippen molar-refractivity contribution in [2.45, 2.75) is 56.9 Å². The van der Waals surface area contributed by atoms with Crippen molar-refractivity contribution in [2.75, 3.05) is 56.2 Å². The van der Waals surface area contributed by atoms with Gasteiger partial charge in [0.15, 0.2) is 5.82 Å². The molecule has 3 aromatic carbocycles. The molecule has 3 aliphatic rings. The van der Waals surface area contributed by atoms with Gasteiger partial charge >= 0.3 is 0 Å². The van der Waals surface area contributed by atoms with Crippen LogP contribution in [0.2, 0.25) is 5.02 Å². The Morgan fingerprint density at radius 1 is 1.06 bits per heavy atom. The number of nitro benzene ring substituents is 1. The van der Waals surface area contributed by atoms with E-state index in [-0.39, 0.29) is 29.8 Å². The molecule has 2 fully saturated rings. The first kappa shape index (κ1) is 43.1. The topological polar surface area (TPSA) is 172 Å². The molecule has 0 spiro atoms. The summed E-state index contributed by atoms with van der Waals surface area (Å²) in [7, 11) is -4.82. The largest absolute Gasteiger partial charge is 0.455 e. The molecular weight excluding hydrogens is 837 g/mol. The highest BCUT2D eigenvalue weighted by Crippen LogP contribution is 2.38. The number of H-pyrrole nitrogens is 1. The Morgan fingerprint density at radius 2 is 1.85 bits per heavy atom. The molecular formula is C45H49ClFN7O7S. The number of carbonyl (C=O) groups is 1. The van der Waals surface area contributed by atoms with Crippen molar-refractivity contribution in [3.8, 4) is 11.5 Å². The van der Waals surface area contributed by atoms with Crippen molar-refractivity contribution in [3.05, 3.63) is 117 Å². The number of benzene rings is 3. The van der Waals surface area contributed by atoms with Crippen molar-refractivity contribution >= 4 is 61.2 Å². The van der Waals surface area contributed by atoms with Crippen LogP contribution in [0, 0.1) is 27.8 Å². The van der Waals surface area contributed by atoms with Crippen LogP contribution < -0.4 is 19.7 Å². The number of allylic oxidation sites excluding steroid dienone is 1. The Hall–Kier alpha value is -5.55. The van der Waals surface area contributed by atoms with Gasteiger partial charge in [0, 0.05) is 86.4 Å². The van der Waals surface area contributed by atoms with Crippen molar-refractivity contribution in [2.24, 2.45) is 11.8 Å². The van der Waals surface area contributed by atoms with Crippen molar-refractivity contribution < 1.29 is 32.0 Å². The van der Waals surface area contributed by atoms with Crippen LogP contribution in [0.1, 0.15) is 61.9 Å². The summed E-state index contributed by atoms with van der Waals surface area (Å²) in [4.78, 5) is 36.5. The first-order valence-corrected chi connectivity index (χ1v) is 22.7. The summed E-state index contributed by atoms with van der Waals surface area (Å²) in [6.07, 6.45) is 7.85. The van der Waals surface area contributed by atoms with Gasteiger partial charge in [-0.1, -0.05) is 36.2 Å². The highest BCUT2D eigenvalue weighted by Gasteiger charge is 2.31. The fraction of sp³-hybridized carbons (Fsp3) is 0.378. The van der Waals surface area contributed by atoms with Gasteiger partial charge in [-0.25, -0.2) is 22.5 Å². The molecule has 2 aliphatic heterocycles. The number of fused-ring (bicyclic) bond motifs is 1. The summed E-state index contributed by atoms with van der Waals surface area (Å²) in [5, 5.41) is 16.3. The third-order valence-electron chi connectivity index (χ3n) is 12.1. The predicted octanol–water partition coefficient (Wildman–Crippen LogP) is 8.80. The molecule has 0 unspecified atom stereocenters. The van der Waals surface area contributed by atoms with Gasteiger partial charge in [0.1, 0.15) is 22.8 Å². The van der Waals surface area contributed by atoms with Crippen LogP contribution in [-0.4, -0.2) is 86.1 Å². The van der Waals surface area contributed by atoms with Crippen LogP contribution in [0.15, 0.2) is 89.6 Å². The van der Waals surface area contributed by atoms with Crippen LogP contribution in [0.3, 0.4) is 0 Å². The number of aromatic nitrogens is 2. The van der Waals surface area contributed by atoms with Gasteiger partial charge in [0.05, 0.1) is 21.6 Å². The normalized spacial score (nSPS) is 19.1. The minimum Gasteiger partial charge on any atom is -0.455 e. The molecule has 0 radical (unpaired) electrons. The summed E-state index contributed by atoms with van der Waals surface area (Å²) in [6.45, 7) is 8.87. The average molecular weight is 886 g/mol. The molecule has 0 saturated carbocycles. The number of ether oxygens (including phenoxy) is 2. The Bertz CT molecular complexity index is 2620. The minimum absolute atomic E-state index is 0.0559. The number of sulfonamides is 1. The maximum atomic E-state index is 15.5. The number of carbonyl (C=O) groups excluding carboxylic acids is 1. The Kier molecular flexibility index (Phi) is 12.8. The van der Waals surface area contributed by atoms with Gasteiger partial charge in [0.25, 0.3) is 21.6 Å². The van der Waals surface area contributed by atoms with E-state index in [4.69, 9.17) is 21.1 Å². The van der Waals surface area contributed by atoms with E-state index in [9.17, 15) is 23.3 Å². The number of hydrogen-bond acceptors (Lipinski definition) is 11. The second-order valence-electron chi connectivity index (χ2n) is 16.5. The molecule has 2 saturated heterocycles. The van der Waals surface area contributed by atoms with E-state index in [1.165, 1.54) is 29.0 Å². The number of piperazine rings is 1. The van der Waals surface area contributed by atoms with Crippen LogP contribution >= 0.6 is 11.6 Å². The van der Waals surface area contributed by atoms with E-state index in [0.29, 0.717) is 56.0 Å². The molecule has 0 bridgehead atoms. The maximum Gasteiger partial charge on any atom is 0.296 e. The van der Waals surface area contributed by atoms with E-state index in [1.54, 1.807) is 24.4 Å². The molecule has 326 valence electrons. The average Bonchev–Trinajstić information content (AvgIpc) is 3.72. The Morgan fingerprint density at radius 3 is 2.61 bits per heavy atom. The van der Waals surface area contributed by atoms with E-state index in [1.807, 2.05) is 22.9 Å². The summed E-state index contributed by atoms with van der Waals surface area (Å²) in [6, 6.07) is 18.1. The number of nitro groups is 1. The first-order valence-electron chi connectivity index (χ1n) is 20.9. The van der Waals surface area contributed by atoms with Crippen LogP contribution in [0.4, 0.5) is 21.5 Å². The first-order chi connectivity index (χ1) is 29.8. The van der Waals surface area contributed by atoms with Gasteiger partial charge in [-0.2, -0.15) is 0 Å². The summed E-state index contributed by atoms with van der Waals surface area (Å²) in [5.74, 6) is -1.14. The van der Waals surface area contributed by atoms with Crippen LogP contribution in [-0.2, 0) is 14.8 Å². The van der Waals surface area contributed by atoms with E-state index < -0.39 is 42.9 Å². The molecule has 2 aromatic heterocycles. The molecule has 2 atom stereocenters. The summed E-state index contributed by atoms with van der Waals surface area (Å²) >= 11 is 6.22. The standard InChI is InChI=1S/C45H49ClFN7O7S/c1-28-3-4-33(39(19-28)31-5-7-34(46)8-6-31)27-52-15-16-53(29(2)26-52)35-9-10-38(42(21-35)61-36-20-32-11-14-48-44(32)50-25-36)45(55)51-62(58,59)37-22-40(47)43(41(23-37)54(56)57)49-24-30-12-17-60-18-13-30/h5-11,14,20-23,25,28-30,49H,3-4,12-13,15-19,24,26-27H2,1-2H3,(H,48,50)(H,51,55)/t28-,29-/m1/s1. The second-order valence-corrected chi connectivity index (χ2v) is 18.6. The zero-order valence-corrected chi connectivity index (χ0v) is 36.1. The van der Waals surface area contributed by atoms with Crippen LogP contribution in [0.25, 0.3) is 16.6 Å². The number of nitrogens with one attached hydrogen (secondary N) is 3. The fourth-order valence-corrected chi connectivity index (χ4v) is 9.81. The number of aromatic amines is 1. The van der Waals surface area contributed by atoms with Crippen LogP contribution in [0.5, 0.6) is 11.5 Å². The molecule has 3 N–H and O–H groups in total. The molecule has 1 aliphatic carbocycles. The zero-order chi connectivity index (χ0) is 43.5. The lowest BCUT2D eigenvalue weighted by Gasteiger charge is -2.42. The number of nitrogens with zero attached hydrogens (tertiary/aromatic N) is 4. The third-order valence-corrected chi connectivity index (χ3v) is 13.6. The second kappa shape index (κ2) is 18.4. The highest BCUT2D eigenvalue weighted by atomic mass is 35.5. The molecule has 4 heterocycles. The SMILES string of the molecule is C[C@@H]1CCC(CN2CCN(c3ccc(C(=O)NS(=O)(=O)c4cc(F)c(NCC5CCOCC5)c([N+](=O)[O-])c4)c(Oc4cnc5[nH]ccc5c4)c3)[C@H](C)C2)=C(c2ccc(Cl)cc2)C1.